The van der Waals surface area contributed by atoms with E-state index in [-0.39, 0.29) is 5.82 Å². The quantitative estimate of drug-likeness (QED) is 0.632. The second kappa shape index (κ2) is 6.71. The summed E-state index contributed by atoms with van der Waals surface area (Å²) < 4.78 is 20.6. The van der Waals surface area contributed by atoms with E-state index >= 15 is 0 Å². The largest absolute Gasteiger partial charge is 0.497 e. The van der Waals surface area contributed by atoms with Gasteiger partial charge in [0.2, 0.25) is 0 Å². The van der Waals surface area contributed by atoms with E-state index < -0.39 is 0 Å². The molecule has 0 saturated heterocycles. The molecule has 0 atom stereocenters. The van der Waals surface area contributed by atoms with Gasteiger partial charge in [0, 0.05) is 16.8 Å². The van der Waals surface area contributed by atoms with E-state index in [0.717, 1.165) is 35.5 Å². The molecule has 0 spiro atoms. The minimum absolute atomic E-state index is 0.218. The highest BCUT2D eigenvalue weighted by Crippen LogP contribution is 2.32. The zero-order valence-electron chi connectivity index (χ0n) is 14.3. The summed E-state index contributed by atoms with van der Waals surface area (Å²) in [6.07, 6.45) is 5.64. The molecule has 0 bridgehead atoms. The van der Waals surface area contributed by atoms with Gasteiger partial charge >= 0.3 is 0 Å². The van der Waals surface area contributed by atoms with Crippen LogP contribution in [0.25, 0.3) is 16.9 Å². The van der Waals surface area contributed by atoms with Gasteiger partial charge in [-0.1, -0.05) is 6.42 Å². The molecule has 0 radical (unpaired) electrons. The number of aromatic nitrogens is 2. The molecule has 1 heterocycles. The lowest BCUT2D eigenvalue weighted by molar-refractivity contribution is 0.414. The summed E-state index contributed by atoms with van der Waals surface area (Å²) in [6.45, 7) is 0. The van der Waals surface area contributed by atoms with Crippen LogP contribution in [0.15, 0.2) is 48.5 Å². The van der Waals surface area contributed by atoms with Gasteiger partial charge < -0.3 is 4.74 Å². The van der Waals surface area contributed by atoms with Crippen molar-refractivity contribution in [1.29, 1.82) is 0 Å². The van der Waals surface area contributed by atoms with Crippen LogP contribution in [0.5, 0.6) is 5.75 Å². The van der Waals surface area contributed by atoms with E-state index in [4.69, 9.17) is 9.84 Å². The third-order valence-corrected chi connectivity index (χ3v) is 4.86. The lowest BCUT2D eigenvalue weighted by atomic mass is 10.0. The lowest BCUT2D eigenvalue weighted by Crippen LogP contribution is -2.03. The molecular weight excluding hydrogens is 315 g/mol. The molecule has 0 fully saturated rings. The number of hydrogen-bond acceptors (Lipinski definition) is 2. The molecular formula is C21H21FN2O. The maximum Gasteiger partial charge on any atom is 0.123 e. The van der Waals surface area contributed by atoms with Crippen LogP contribution < -0.4 is 4.74 Å². The van der Waals surface area contributed by atoms with Gasteiger partial charge in [-0.25, -0.2) is 9.07 Å². The zero-order valence-corrected chi connectivity index (χ0v) is 14.3. The highest BCUT2D eigenvalue weighted by atomic mass is 19.1. The molecule has 3 aromatic rings. The molecule has 2 aromatic carbocycles. The van der Waals surface area contributed by atoms with Gasteiger partial charge in [0.25, 0.3) is 0 Å². The summed E-state index contributed by atoms with van der Waals surface area (Å²) in [5.41, 5.74) is 5.58. The topological polar surface area (TPSA) is 27.1 Å². The number of benzene rings is 2. The highest BCUT2D eigenvalue weighted by molar-refractivity contribution is 5.65. The van der Waals surface area contributed by atoms with Crippen molar-refractivity contribution in [1.82, 2.24) is 9.78 Å². The van der Waals surface area contributed by atoms with Crippen molar-refractivity contribution in [2.75, 3.05) is 7.11 Å². The number of methoxy groups -OCH3 is 1. The van der Waals surface area contributed by atoms with Crippen LogP contribution in [-0.2, 0) is 12.8 Å². The van der Waals surface area contributed by atoms with E-state index in [2.05, 4.69) is 4.68 Å². The Hall–Kier alpha value is -2.62. The number of nitrogens with zero attached hydrogens (tertiary/aromatic N) is 2. The second-order valence-electron chi connectivity index (χ2n) is 6.45. The molecule has 1 aliphatic rings. The van der Waals surface area contributed by atoms with Crippen molar-refractivity contribution in [3.8, 4) is 22.7 Å². The van der Waals surface area contributed by atoms with E-state index in [1.807, 2.05) is 36.4 Å². The first-order valence-corrected chi connectivity index (χ1v) is 8.77. The van der Waals surface area contributed by atoms with Crippen molar-refractivity contribution >= 4 is 0 Å². The Balaban J connectivity index is 1.85. The standard InChI is InChI=1S/C21H21FN2O/c1-25-18-13-11-17(12-14-18)24-20-6-4-2-3-5-19(20)21(23-24)15-7-9-16(22)10-8-15/h7-14H,2-6H2,1H3. The molecule has 1 aliphatic carbocycles. The molecule has 0 aliphatic heterocycles. The first-order valence-electron chi connectivity index (χ1n) is 8.77. The van der Waals surface area contributed by atoms with E-state index in [1.165, 1.54) is 42.7 Å². The lowest BCUT2D eigenvalue weighted by Gasteiger charge is -2.08. The fourth-order valence-electron chi connectivity index (χ4n) is 3.55. The van der Waals surface area contributed by atoms with E-state index in [1.54, 1.807) is 7.11 Å². The van der Waals surface area contributed by atoms with Gasteiger partial charge in [0.05, 0.1) is 18.5 Å². The van der Waals surface area contributed by atoms with Crippen molar-refractivity contribution in [2.24, 2.45) is 0 Å². The fraction of sp³-hybridized carbons (Fsp3) is 0.286. The molecule has 3 nitrogen and oxygen atoms in total. The van der Waals surface area contributed by atoms with E-state index in [9.17, 15) is 4.39 Å². The molecule has 25 heavy (non-hydrogen) atoms. The summed E-state index contributed by atoms with van der Waals surface area (Å²) in [6, 6.07) is 14.6. The summed E-state index contributed by atoms with van der Waals surface area (Å²) in [5, 5.41) is 4.91. The third kappa shape index (κ3) is 3.04. The molecule has 0 amide bonds. The monoisotopic (exact) mass is 336 g/mol. The maximum atomic E-state index is 13.3. The Kier molecular flexibility index (Phi) is 4.26. The summed E-state index contributed by atoms with van der Waals surface area (Å²) >= 11 is 0. The number of rotatable bonds is 3. The van der Waals surface area contributed by atoms with Crippen molar-refractivity contribution in [2.45, 2.75) is 32.1 Å². The first kappa shape index (κ1) is 15.9. The Morgan fingerprint density at radius 1 is 0.920 bits per heavy atom. The smallest absolute Gasteiger partial charge is 0.123 e. The Labute approximate surface area is 147 Å². The second-order valence-corrected chi connectivity index (χ2v) is 6.45. The minimum Gasteiger partial charge on any atom is -0.497 e. The molecule has 0 saturated carbocycles. The van der Waals surface area contributed by atoms with Crippen LogP contribution in [0.4, 0.5) is 4.39 Å². The highest BCUT2D eigenvalue weighted by Gasteiger charge is 2.21. The molecule has 0 unspecified atom stereocenters. The summed E-state index contributed by atoms with van der Waals surface area (Å²) in [5.74, 6) is 0.616. The van der Waals surface area contributed by atoms with Gasteiger partial charge in [-0.2, -0.15) is 5.10 Å². The van der Waals surface area contributed by atoms with Gasteiger partial charge in [-0.15, -0.1) is 0 Å². The normalized spacial score (nSPS) is 14.0. The number of hydrogen-bond donors (Lipinski definition) is 0. The van der Waals surface area contributed by atoms with Crippen molar-refractivity contribution < 1.29 is 9.13 Å². The number of fused-ring (bicyclic) bond motifs is 1. The van der Waals surface area contributed by atoms with Crippen molar-refractivity contribution in [3.63, 3.8) is 0 Å². The molecule has 1 aromatic heterocycles. The first-order chi connectivity index (χ1) is 12.3. The Bertz CT molecular complexity index is 866. The van der Waals surface area contributed by atoms with E-state index in [0.29, 0.717) is 0 Å². The van der Waals surface area contributed by atoms with Gasteiger partial charge in [0.15, 0.2) is 0 Å². The average molecular weight is 336 g/mol. The number of ether oxygens (including phenoxy) is 1. The van der Waals surface area contributed by atoms with Gasteiger partial charge in [-0.3, -0.25) is 0 Å². The molecule has 4 rings (SSSR count). The predicted molar refractivity (Wildman–Crippen MR) is 96.8 cm³/mol. The Morgan fingerprint density at radius 3 is 2.36 bits per heavy atom. The molecule has 128 valence electrons. The van der Waals surface area contributed by atoms with Crippen LogP contribution >= 0.6 is 0 Å². The third-order valence-electron chi connectivity index (χ3n) is 4.86. The van der Waals surface area contributed by atoms with Gasteiger partial charge in [0.1, 0.15) is 11.6 Å². The van der Waals surface area contributed by atoms with Gasteiger partial charge in [-0.05, 0) is 74.2 Å². The molecule has 4 heteroatoms. The SMILES string of the molecule is COc1ccc(-n2nc(-c3ccc(F)cc3)c3c2CCCCC3)cc1. The Morgan fingerprint density at radius 2 is 1.64 bits per heavy atom. The van der Waals surface area contributed by atoms with Crippen molar-refractivity contribution in [3.05, 3.63) is 65.6 Å². The van der Waals surface area contributed by atoms with Crippen LogP contribution in [-0.4, -0.2) is 16.9 Å². The maximum absolute atomic E-state index is 13.3. The zero-order chi connectivity index (χ0) is 17.2. The summed E-state index contributed by atoms with van der Waals surface area (Å²) in [4.78, 5) is 0. The predicted octanol–water partition coefficient (Wildman–Crippen LogP) is 4.96. The summed E-state index contributed by atoms with van der Waals surface area (Å²) in [7, 11) is 1.67. The van der Waals surface area contributed by atoms with Crippen LogP contribution in [0.3, 0.4) is 0 Å². The number of halogens is 1. The molecule has 0 N–H and O–H groups in total. The van der Waals surface area contributed by atoms with Crippen LogP contribution in [0, 0.1) is 5.82 Å². The van der Waals surface area contributed by atoms with Crippen LogP contribution in [0.1, 0.15) is 30.5 Å². The minimum atomic E-state index is -0.218. The van der Waals surface area contributed by atoms with Crippen LogP contribution in [0.2, 0.25) is 0 Å². The fourth-order valence-corrected chi connectivity index (χ4v) is 3.55. The average Bonchev–Trinajstić information content (AvgIpc) is 2.84.